The van der Waals surface area contributed by atoms with Gasteiger partial charge in [0.15, 0.2) is 5.65 Å². The van der Waals surface area contributed by atoms with Crippen LogP contribution in [0.4, 0.5) is 5.82 Å². The minimum Gasteiger partial charge on any atom is -0.494 e. The molecule has 1 fully saturated rings. The van der Waals surface area contributed by atoms with Crippen LogP contribution in [0.3, 0.4) is 0 Å². The van der Waals surface area contributed by atoms with E-state index in [2.05, 4.69) is 15.0 Å². The van der Waals surface area contributed by atoms with Crippen LogP contribution in [0, 0.1) is 0 Å². The van der Waals surface area contributed by atoms with Gasteiger partial charge >= 0.3 is 0 Å². The molecule has 0 aliphatic carbocycles. The maximum atomic E-state index is 12.7. The first kappa shape index (κ1) is 17.3. The molecule has 1 amide bonds. The first-order valence-electron chi connectivity index (χ1n) is 9.28. The topological polar surface area (TPSA) is 63.0 Å². The van der Waals surface area contributed by atoms with Gasteiger partial charge in [-0.3, -0.25) is 4.79 Å². The minimum atomic E-state index is 0.139. The maximum absolute atomic E-state index is 12.7. The van der Waals surface area contributed by atoms with Gasteiger partial charge in [0.2, 0.25) is 5.91 Å². The Morgan fingerprint density at radius 2 is 1.93 bits per heavy atom. The zero-order chi connectivity index (χ0) is 18.6. The third-order valence-corrected chi connectivity index (χ3v) is 4.81. The number of hydrogen-bond acceptors (Lipinski definition) is 5. The summed E-state index contributed by atoms with van der Waals surface area (Å²) >= 11 is 0. The molecule has 0 saturated carbocycles. The Hall–Kier alpha value is -3.09. The lowest BCUT2D eigenvalue weighted by Gasteiger charge is -2.35. The zero-order valence-electron chi connectivity index (χ0n) is 15.4. The SMILES string of the molecule is CCOc1ccccc1CC(=O)N1CCN(c2ccc3nccn3n2)CC1. The van der Waals surface area contributed by atoms with Crippen LogP contribution in [0.25, 0.3) is 5.65 Å². The average molecular weight is 365 g/mol. The molecule has 3 aromatic rings. The van der Waals surface area contributed by atoms with E-state index in [9.17, 15) is 4.79 Å². The molecule has 0 unspecified atom stereocenters. The number of piperazine rings is 1. The lowest BCUT2D eigenvalue weighted by atomic mass is 10.1. The van der Waals surface area contributed by atoms with Crippen LogP contribution >= 0.6 is 0 Å². The van der Waals surface area contributed by atoms with Crippen LogP contribution in [-0.4, -0.2) is 58.2 Å². The summed E-state index contributed by atoms with van der Waals surface area (Å²) in [5.41, 5.74) is 1.78. The summed E-state index contributed by atoms with van der Waals surface area (Å²) in [5.74, 6) is 1.85. The molecule has 7 heteroatoms. The number of amides is 1. The second-order valence-electron chi connectivity index (χ2n) is 6.51. The molecule has 1 aliphatic rings. The van der Waals surface area contributed by atoms with Gasteiger partial charge in [-0.2, -0.15) is 0 Å². The van der Waals surface area contributed by atoms with Crippen LogP contribution in [0.2, 0.25) is 0 Å². The van der Waals surface area contributed by atoms with Crippen molar-refractivity contribution in [3.05, 3.63) is 54.4 Å². The molecule has 0 bridgehead atoms. The number of carbonyl (C=O) groups excluding carboxylic acids is 1. The minimum absolute atomic E-state index is 0.139. The van der Waals surface area contributed by atoms with Crippen molar-refractivity contribution in [1.82, 2.24) is 19.5 Å². The van der Waals surface area contributed by atoms with Crippen LogP contribution < -0.4 is 9.64 Å². The van der Waals surface area contributed by atoms with Gasteiger partial charge in [0.05, 0.1) is 13.0 Å². The van der Waals surface area contributed by atoms with E-state index in [0.717, 1.165) is 35.9 Å². The van der Waals surface area contributed by atoms with Crippen molar-refractivity contribution in [3.63, 3.8) is 0 Å². The highest BCUT2D eigenvalue weighted by Crippen LogP contribution is 2.20. The molecule has 1 aromatic carbocycles. The van der Waals surface area contributed by atoms with Crippen molar-refractivity contribution in [1.29, 1.82) is 0 Å². The highest BCUT2D eigenvalue weighted by atomic mass is 16.5. The first-order valence-corrected chi connectivity index (χ1v) is 9.28. The number of fused-ring (bicyclic) bond motifs is 1. The van der Waals surface area contributed by atoms with Gasteiger partial charge in [-0.1, -0.05) is 18.2 Å². The Morgan fingerprint density at radius 1 is 1.11 bits per heavy atom. The van der Waals surface area contributed by atoms with E-state index in [1.807, 2.05) is 54.4 Å². The first-order chi connectivity index (χ1) is 13.2. The average Bonchev–Trinajstić information content (AvgIpc) is 3.17. The van der Waals surface area contributed by atoms with Gasteiger partial charge in [0.25, 0.3) is 0 Å². The van der Waals surface area contributed by atoms with E-state index in [1.54, 1.807) is 10.7 Å². The smallest absolute Gasteiger partial charge is 0.227 e. The number of nitrogens with zero attached hydrogens (tertiary/aromatic N) is 5. The summed E-state index contributed by atoms with van der Waals surface area (Å²) < 4.78 is 7.41. The van der Waals surface area contributed by atoms with Crippen LogP contribution in [0.5, 0.6) is 5.75 Å². The standard InChI is InChI=1S/C20H23N5O2/c1-2-27-17-6-4-3-5-16(17)15-20(26)24-13-11-23(12-14-24)19-8-7-18-21-9-10-25(18)22-19/h3-10H,2,11-15H2,1H3. The summed E-state index contributed by atoms with van der Waals surface area (Å²) in [4.78, 5) is 21.1. The second-order valence-corrected chi connectivity index (χ2v) is 6.51. The number of para-hydroxylation sites is 1. The fraction of sp³-hybridized carbons (Fsp3) is 0.350. The number of rotatable bonds is 5. The lowest BCUT2D eigenvalue weighted by molar-refractivity contribution is -0.130. The summed E-state index contributed by atoms with van der Waals surface area (Å²) in [6.45, 7) is 5.47. The van der Waals surface area contributed by atoms with Crippen LogP contribution in [0.1, 0.15) is 12.5 Å². The number of carbonyl (C=O) groups is 1. The second kappa shape index (κ2) is 7.65. The molecule has 2 aromatic heterocycles. The van der Waals surface area contributed by atoms with E-state index in [1.165, 1.54) is 0 Å². The maximum Gasteiger partial charge on any atom is 0.227 e. The fourth-order valence-corrected chi connectivity index (χ4v) is 3.38. The Morgan fingerprint density at radius 3 is 2.74 bits per heavy atom. The number of ether oxygens (including phenoxy) is 1. The van der Waals surface area contributed by atoms with Crippen molar-refractivity contribution >= 4 is 17.4 Å². The largest absolute Gasteiger partial charge is 0.494 e. The molecule has 7 nitrogen and oxygen atoms in total. The molecule has 1 saturated heterocycles. The quantitative estimate of drug-likeness (QED) is 0.692. The van der Waals surface area contributed by atoms with Gasteiger partial charge in [-0.15, -0.1) is 5.10 Å². The number of imidazole rings is 1. The molecule has 0 spiro atoms. The third kappa shape index (κ3) is 3.72. The molecule has 140 valence electrons. The Kier molecular flexibility index (Phi) is 4.91. The van der Waals surface area contributed by atoms with Gasteiger partial charge in [0, 0.05) is 44.1 Å². The van der Waals surface area contributed by atoms with Crippen LogP contribution in [-0.2, 0) is 11.2 Å². The van der Waals surface area contributed by atoms with Gasteiger partial charge in [-0.25, -0.2) is 9.50 Å². The molecule has 3 heterocycles. The van der Waals surface area contributed by atoms with E-state index in [-0.39, 0.29) is 5.91 Å². The fourth-order valence-electron chi connectivity index (χ4n) is 3.38. The molecule has 27 heavy (non-hydrogen) atoms. The molecule has 0 atom stereocenters. The number of anilines is 1. The van der Waals surface area contributed by atoms with E-state index in [4.69, 9.17) is 4.74 Å². The summed E-state index contributed by atoms with van der Waals surface area (Å²) in [6.07, 6.45) is 3.95. The van der Waals surface area contributed by atoms with Crippen LogP contribution in [0.15, 0.2) is 48.8 Å². The predicted octanol–water partition coefficient (Wildman–Crippen LogP) is 2.02. The summed E-state index contributed by atoms with van der Waals surface area (Å²) in [5, 5.41) is 4.59. The van der Waals surface area contributed by atoms with E-state index < -0.39 is 0 Å². The summed E-state index contributed by atoms with van der Waals surface area (Å²) in [7, 11) is 0. The summed E-state index contributed by atoms with van der Waals surface area (Å²) in [6, 6.07) is 11.7. The number of benzene rings is 1. The Labute approximate surface area is 158 Å². The Bertz CT molecular complexity index is 931. The highest BCUT2D eigenvalue weighted by Gasteiger charge is 2.23. The van der Waals surface area contributed by atoms with E-state index >= 15 is 0 Å². The van der Waals surface area contributed by atoms with Crippen molar-refractivity contribution in [2.24, 2.45) is 0 Å². The molecule has 0 N–H and O–H groups in total. The van der Waals surface area contributed by atoms with Crippen molar-refractivity contribution in [3.8, 4) is 5.75 Å². The van der Waals surface area contributed by atoms with Crippen molar-refractivity contribution in [2.75, 3.05) is 37.7 Å². The number of aromatic nitrogens is 3. The predicted molar refractivity (Wildman–Crippen MR) is 103 cm³/mol. The molecule has 0 radical (unpaired) electrons. The van der Waals surface area contributed by atoms with Gasteiger partial charge in [0.1, 0.15) is 11.6 Å². The monoisotopic (exact) mass is 365 g/mol. The van der Waals surface area contributed by atoms with Crippen molar-refractivity contribution < 1.29 is 9.53 Å². The molecular formula is C20H23N5O2. The molecular weight excluding hydrogens is 342 g/mol. The van der Waals surface area contributed by atoms with Crippen molar-refractivity contribution in [2.45, 2.75) is 13.3 Å². The normalized spacial score (nSPS) is 14.6. The number of hydrogen-bond donors (Lipinski definition) is 0. The Balaban J connectivity index is 1.38. The molecule has 4 rings (SSSR count). The zero-order valence-corrected chi connectivity index (χ0v) is 15.4. The van der Waals surface area contributed by atoms with E-state index in [0.29, 0.717) is 26.1 Å². The lowest BCUT2D eigenvalue weighted by Crippen LogP contribution is -2.49. The molecule has 1 aliphatic heterocycles. The van der Waals surface area contributed by atoms with Gasteiger partial charge < -0.3 is 14.5 Å². The van der Waals surface area contributed by atoms with Gasteiger partial charge in [-0.05, 0) is 25.1 Å². The third-order valence-electron chi connectivity index (χ3n) is 4.81. The highest BCUT2D eigenvalue weighted by molar-refractivity contribution is 5.79.